The van der Waals surface area contributed by atoms with Crippen molar-refractivity contribution in [2.75, 3.05) is 41.5 Å². The maximum atomic E-state index is 13.6. The fourth-order valence-electron chi connectivity index (χ4n) is 4.94. The highest BCUT2D eigenvalue weighted by Gasteiger charge is 2.36. The molecule has 3 aromatic carbocycles. The smallest absolute Gasteiger partial charge is 0.329 e. The third-order valence-corrected chi connectivity index (χ3v) is 7.61. The Morgan fingerprint density at radius 1 is 0.933 bits per heavy atom. The molecule has 1 amide bonds. The number of carbonyl (C=O) groups excluding carboxylic acids is 1. The predicted molar refractivity (Wildman–Crippen MR) is 176 cm³/mol. The second kappa shape index (κ2) is 14.9. The number of amides is 1. The fourth-order valence-corrected chi connectivity index (χ4v) is 5.11. The second-order valence-electron chi connectivity index (χ2n) is 11.0. The molecule has 0 saturated carbocycles. The second-order valence-corrected chi connectivity index (χ2v) is 11.4. The van der Waals surface area contributed by atoms with Gasteiger partial charge in [0.2, 0.25) is 0 Å². The summed E-state index contributed by atoms with van der Waals surface area (Å²) in [5, 5.41) is 13.3. The number of nitrogens with one attached hydrogen (secondary N) is 1. The van der Waals surface area contributed by atoms with Crippen LogP contribution in [-0.2, 0) is 11.2 Å². The highest BCUT2D eigenvalue weighted by Crippen LogP contribution is 2.43. The van der Waals surface area contributed by atoms with Gasteiger partial charge in [0.05, 0.1) is 37.1 Å². The normalized spacial score (nSPS) is 12.3. The van der Waals surface area contributed by atoms with E-state index in [9.17, 15) is 14.7 Å². The first-order valence-electron chi connectivity index (χ1n) is 14.5. The number of pyridine rings is 1. The van der Waals surface area contributed by atoms with Crippen LogP contribution in [0.2, 0.25) is 5.02 Å². The van der Waals surface area contributed by atoms with E-state index < -0.39 is 17.4 Å². The number of benzene rings is 3. The lowest BCUT2D eigenvalue weighted by molar-refractivity contribution is -0.143. The van der Waals surface area contributed by atoms with E-state index in [0.29, 0.717) is 51.3 Å². The summed E-state index contributed by atoms with van der Waals surface area (Å²) in [4.78, 5) is 32.9. The maximum Gasteiger partial charge on any atom is 0.329 e. The van der Waals surface area contributed by atoms with Gasteiger partial charge >= 0.3 is 5.97 Å². The SMILES string of the molecule is COc1cccc(OC)c1-c1ccc(C(=O)N[C@@](C)(Cc2ccccc2)C(=O)O)nc1-c1ccc(Cl)c(OCCCN(C)C)c1. The minimum Gasteiger partial charge on any atom is -0.496 e. The number of rotatable bonds is 14. The standard InChI is InChI=1S/C35H38ClN3O6/c1-35(34(41)42,22-23-11-7-6-8-12-23)38-33(40)27-18-16-25(31-28(43-4)13-9-14-29(31)44-5)32(37-27)24-15-17-26(36)30(21-24)45-20-10-19-39(2)3/h6-9,11-18,21H,10,19-20,22H2,1-5H3,(H,38,40)(H,41,42)/t35-/m0/s1. The van der Waals surface area contributed by atoms with Crippen LogP contribution in [0.15, 0.2) is 78.9 Å². The molecule has 1 aromatic heterocycles. The largest absolute Gasteiger partial charge is 0.496 e. The van der Waals surface area contributed by atoms with Crippen LogP contribution in [0.1, 0.15) is 29.4 Å². The molecular formula is C35H38ClN3O6. The van der Waals surface area contributed by atoms with E-state index in [2.05, 4.69) is 10.2 Å². The molecule has 0 spiro atoms. The van der Waals surface area contributed by atoms with Crippen molar-refractivity contribution in [3.63, 3.8) is 0 Å². The van der Waals surface area contributed by atoms with Crippen molar-refractivity contribution >= 4 is 23.5 Å². The monoisotopic (exact) mass is 631 g/mol. The summed E-state index contributed by atoms with van der Waals surface area (Å²) in [5.41, 5.74) is 1.55. The lowest BCUT2D eigenvalue weighted by Gasteiger charge is -2.26. The average Bonchev–Trinajstić information content (AvgIpc) is 3.03. The van der Waals surface area contributed by atoms with Crippen LogP contribution in [-0.4, -0.2) is 73.9 Å². The van der Waals surface area contributed by atoms with Gasteiger partial charge in [-0.05, 0) is 69.4 Å². The van der Waals surface area contributed by atoms with Crippen LogP contribution in [0.25, 0.3) is 22.4 Å². The average molecular weight is 632 g/mol. The summed E-state index contributed by atoms with van der Waals surface area (Å²) in [5.74, 6) is -0.229. The van der Waals surface area contributed by atoms with Crippen molar-refractivity contribution in [1.29, 1.82) is 0 Å². The Morgan fingerprint density at radius 3 is 2.24 bits per heavy atom. The summed E-state index contributed by atoms with van der Waals surface area (Å²) < 4.78 is 17.4. The zero-order chi connectivity index (χ0) is 32.6. The molecule has 4 aromatic rings. The molecule has 45 heavy (non-hydrogen) atoms. The Labute approximate surface area is 268 Å². The summed E-state index contributed by atoms with van der Waals surface area (Å²) in [7, 11) is 7.12. The Balaban J connectivity index is 1.80. The number of halogens is 1. The van der Waals surface area contributed by atoms with E-state index >= 15 is 0 Å². The number of carboxylic acids is 1. The Hall–Kier alpha value is -4.60. The number of carboxylic acid groups (broad SMARTS) is 1. The molecular weight excluding hydrogens is 594 g/mol. The molecule has 1 heterocycles. The lowest BCUT2D eigenvalue weighted by atomic mass is 9.92. The molecule has 0 aliphatic heterocycles. The first kappa shape index (κ1) is 33.3. The molecule has 0 unspecified atom stereocenters. The predicted octanol–water partition coefficient (Wildman–Crippen LogP) is 6.23. The molecule has 0 aliphatic rings. The quantitative estimate of drug-likeness (QED) is 0.158. The topological polar surface area (TPSA) is 110 Å². The van der Waals surface area contributed by atoms with E-state index in [1.165, 1.54) is 6.92 Å². The molecule has 0 radical (unpaired) electrons. The number of hydrogen-bond acceptors (Lipinski definition) is 7. The van der Waals surface area contributed by atoms with Crippen LogP contribution in [0, 0.1) is 0 Å². The zero-order valence-corrected chi connectivity index (χ0v) is 26.9. The van der Waals surface area contributed by atoms with E-state index in [-0.39, 0.29) is 12.1 Å². The molecule has 0 saturated heterocycles. The van der Waals surface area contributed by atoms with Gasteiger partial charge in [0, 0.05) is 24.1 Å². The van der Waals surface area contributed by atoms with Gasteiger partial charge in [-0.2, -0.15) is 0 Å². The number of hydrogen-bond donors (Lipinski definition) is 2. The van der Waals surface area contributed by atoms with Gasteiger partial charge in [-0.25, -0.2) is 9.78 Å². The van der Waals surface area contributed by atoms with Crippen molar-refractivity contribution < 1.29 is 28.9 Å². The number of carbonyl (C=O) groups is 2. The van der Waals surface area contributed by atoms with Gasteiger partial charge in [-0.15, -0.1) is 0 Å². The maximum absolute atomic E-state index is 13.6. The summed E-state index contributed by atoms with van der Waals surface area (Å²) in [6, 6.07) is 23.2. The molecule has 1 atom stereocenters. The molecule has 4 rings (SSSR count). The zero-order valence-electron chi connectivity index (χ0n) is 26.1. The molecule has 0 aliphatic carbocycles. The van der Waals surface area contributed by atoms with Crippen LogP contribution >= 0.6 is 11.6 Å². The molecule has 0 bridgehead atoms. The Bertz CT molecular complexity index is 1620. The van der Waals surface area contributed by atoms with Gasteiger partial charge in [-0.3, -0.25) is 4.79 Å². The van der Waals surface area contributed by atoms with Crippen molar-refractivity contribution in [3.05, 3.63) is 95.1 Å². The van der Waals surface area contributed by atoms with Gasteiger partial charge < -0.3 is 29.5 Å². The van der Waals surface area contributed by atoms with Gasteiger partial charge in [-0.1, -0.05) is 54.1 Å². The van der Waals surface area contributed by atoms with Crippen molar-refractivity contribution in [2.24, 2.45) is 0 Å². The number of aromatic nitrogens is 1. The molecule has 9 nitrogen and oxygen atoms in total. The molecule has 10 heteroatoms. The van der Waals surface area contributed by atoms with Gasteiger partial charge in [0.15, 0.2) is 0 Å². The number of aliphatic carboxylic acids is 1. The molecule has 2 N–H and O–H groups in total. The van der Waals surface area contributed by atoms with E-state index in [0.717, 1.165) is 18.5 Å². The third kappa shape index (κ3) is 8.12. The van der Waals surface area contributed by atoms with Gasteiger partial charge in [0.1, 0.15) is 28.5 Å². The highest BCUT2D eigenvalue weighted by atomic mass is 35.5. The van der Waals surface area contributed by atoms with Crippen molar-refractivity contribution in [1.82, 2.24) is 15.2 Å². The highest BCUT2D eigenvalue weighted by molar-refractivity contribution is 6.32. The van der Waals surface area contributed by atoms with Crippen LogP contribution in [0.3, 0.4) is 0 Å². The first-order valence-corrected chi connectivity index (χ1v) is 14.8. The first-order chi connectivity index (χ1) is 21.6. The third-order valence-electron chi connectivity index (χ3n) is 7.30. The minimum absolute atomic E-state index is 0.0338. The van der Waals surface area contributed by atoms with Crippen LogP contribution in [0.4, 0.5) is 0 Å². The summed E-state index contributed by atoms with van der Waals surface area (Å²) in [6.45, 7) is 2.79. The number of methoxy groups -OCH3 is 2. The van der Waals surface area contributed by atoms with Crippen LogP contribution in [0.5, 0.6) is 17.2 Å². The Morgan fingerprint density at radius 2 is 1.62 bits per heavy atom. The number of ether oxygens (including phenoxy) is 3. The van der Waals surface area contributed by atoms with E-state index in [1.807, 2.05) is 62.6 Å². The molecule has 0 fully saturated rings. The van der Waals surface area contributed by atoms with E-state index in [4.69, 9.17) is 30.8 Å². The number of nitrogens with zero attached hydrogens (tertiary/aromatic N) is 2. The minimum atomic E-state index is -1.58. The van der Waals surface area contributed by atoms with Crippen molar-refractivity contribution in [2.45, 2.75) is 25.3 Å². The summed E-state index contributed by atoms with van der Waals surface area (Å²) >= 11 is 6.51. The van der Waals surface area contributed by atoms with Gasteiger partial charge in [0.25, 0.3) is 5.91 Å². The van der Waals surface area contributed by atoms with E-state index in [1.54, 1.807) is 44.6 Å². The lowest BCUT2D eigenvalue weighted by Crippen LogP contribution is -2.54. The summed E-state index contributed by atoms with van der Waals surface area (Å²) in [6.07, 6.45) is 0.889. The van der Waals surface area contributed by atoms with Crippen molar-refractivity contribution in [3.8, 4) is 39.6 Å². The Kier molecular flexibility index (Phi) is 11.0. The fraction of sp³-hybridized carbons (Fsp3) is 0.286. The van der Waals surface area contributed by atoms with Crippen LogP contribution < -0.4 is 19.5 Å². The molecule has 236 valence electrons.